The number of aromatic nitrogens is 1. The van der Waals surface area contributed by atoms with Crippen LogP contribution < -0.4 is 10.2 Å². The topological polar surface area (TPSA) is 28.2 Å². The summed E-state index contributed by atoms with van der Waals surface area (Å²) in [5, 5.41) is 4.60. The molecular formula is C13H17N3S. The molecule has 4 heteroatoms. The Kier molecular flexibility index (Phi) is 2.99. The molecule has 1 aromatic carbocycles. The molecule has 0 amide bonds. The first-order valence-electron chi connectivity index (χ1n) is 6.16. The summed E-state index contributed by atoms with van der Waals surface area (Å²) in [6.45, 7) is 6.51. The Morgan fingerprint density at radius 2 is 2.24 bits per heavy atom. The maximum absolute atomic E-state index is 4.74. The normalized spacial score (nSPS) is 17.4. The third kappa shape index (κ3) is 2.28. The predicted octanol–water partition coefficient (Wildman–Crippen LogP) is 2.40. The number of rotatable bonds is 1. The number of benzene rings is 1. The first kappa shape index (κ1) is 11.0. The molecule has 1 aliphatic heterocycles. The van der Waals surface area contributed by atoms with E-state index in [1.54, 1.807) is 0 Å². The number of fused-ring (bicyclic) bond motifs is 1. The van der Waals surface area contributed by atoms with Crippen molar-refractivity contribution >= 4 is 26.7 Å². The van der Waals surface area contributed by atoms with Gasteiger partial charge in [-0.05, 0) is 37.6 Å². The number of nitrogens with zero attached hydrogens (tertiary/aromatic N) is 2. The molecule has 0 atom stereocenters. The van der Waals surface area contributed by atoms with Crippen molar-refractivity contribution in [1.82, 2.24) is 10.3 Å². The van der Waals surface area contributed by atoms with Crippen molar-refractivity contribution in [2.75, 3.05) is 31.1 Å². The fraction of sp³-hybridized carbons (Fsp3) is 0.462. The zero-order valence-corrected chi connectivity index (χ0v) is 10.9. The van der Waals surface area contributed by atoms with Crippen LogP contribution in [0.4, 0.5) is 5.13 Å². The van der Waals surface area contributed by atoms with Crippen LogP contribution in [0.3, 0.4) is 0 Å². The fourth-order valence-corrected chi connectivity index (χ4v) is 3.31. The Morgan fingerprint density at radius 1 is 1.29 bits per heavy atom. The van der Waals surface area contributed by atoms with Gasteiger partial charge < -0.3 is 10.2 Å². The van der Waals surface area contributed by atoms with E-state index < -0.39 is 0 Å². The highest BCUT2D eigenvalue weighted by Crippen LogP contribution is 2.29. The van der Waals surface area contributed by atoms with Crippen LogP contribution in [-0.4, -0.2) is 31.2 Å². The molecular weight excluding hydrogens is 230 g/mol. The zero-order valence-electron chi connectivity index (χ0n) is 10.1. The summed E-state index contributed by atoms with van der Waals surface area (Å²) >= 11 is 1.81. The number of nitrogens with one attached hydrogen (secondary N) is 1. The summed E-state index contributed by atoms with van der Waals surface area (Å²) in [5.41, 5.74) is 2.44. The molecule has 3 rings (SSSR count). The standard InChI is InChI=1S/C13H17N3S/c1-10-3-4-11-12(9-10)17-13(15-11)16-7-2-5-14-6-8-16/h3-4,9,14H,2,5-8H2,1H3. The van der Waals surface area contributed by atoms with Crippen molar-refractivity contribution in [3.8, 4) is 0 Å². The smallest absolute Gasteiger partial charge is 0.186 e. The average Bonchev–Trinajstić information content (AvgIpc) is 2.57. The maximum Gasteiger partial charge on any atom is 0.186 e. The van der Waals surface area contributed by atoms with Gasteiger partial charge in [0.15, 0.2) is 5.13 Å². The minimum Gasteiger partial charge on any atom is -0.347 e. The highest BCUT2D eigenvalue weighted by Gasteiger charge is 2.13. The molecule has 2 aromatic rings. The third-order valence-corrected chi connectivity index (χ3v) is 4.22. The number of hydrogen-bond acceptors (Lipinski definition) is 4. The van der Waals surface area contributed by atoms with E-state index in [2.05, 4.69) is 35.3 Å². The largest absolute Gasteiger partial charge is 0.347 e. The predicted molar refractivity (Wildman–Crippen MR) is 74.1 cm³/mol. The van der Waals surface area contributed by atoms with Gasteiger partial charge >= 0.3 is 0 Å². The monoisotopic (exact) mass is 247 g/mol. The molecule has 1 aliphatic rings. The highest BCUT2D eigenvalue weighted by molar-refractivity contribution is 7.22. The minimum atomic E-state index is 1.06. The number of thiazole rings is 1. The number of hydrogen-bond donors (Lipinski definition) is 1. The third-order valence-electron chi connectivity index (χ3n) is 3.14. The highest BCUT2D eigenvalue weighted by atomic mass is 32.1. The van der Waals surface area contributed by atoms with Crippen LogP contribution in [0.1, 0.15) is 12.0 Å². The molecule has 0 unspecified atom stereocenters. The van der Waals surface area contributed by atoms with Crippen LogP contribution in [-0.2, 0) is 0 Å². The van der Waals surface area contributed by atoms with Gasteiger partial charge in [0.05, 0.1) is 10.2 Å². The molecule has 0 spiro atoms. The SMILES string of the molecule is Cc1ccc2nc(N3CCCNCC3)sc2c1. The van der Waals surface area contributed by atoms with E-state index in [1.165, 1.54) is 21.8 Å². The molecule has 0 bridgehead atoms. The molecule has 1 saturated heterocycles. The molecule has 1 aromatic heterocycles. The fourth-order valence-electron chi connectivity index (χ4n) is 2.19. The lowest BCUT2D eigenvalue weighted by Gasteiger charge is -2.17. The second-order valence-electron chi connectivity index (χ2n) is 4.56. The van der Waals surface area contributed by atoms with Crippen molar-refractivity contribution in [1.29, 1.82) is 0 Å². The van der Waals surface area contributed by atoms with Crippen LogP contribution in [0.25, 0.3) is 10.2 Å². The Bertz CT molecular complexity index is 512. The van der Waals surface area contributed by atoms with E-state index in [0.717, 1.165) is 31.7 Å². The van der Waals surface area contributed by atoms with E-state index in [9.17, 15) is 0 Å². The van der Waals surface area contributed by atoms with Crippen molar-refractivity contribution in [3.05, 3.63) is 23.8 Å². The summed E-state index contributed by atoms with van der Waals surface area (Å²) in [6.07, 6.45) is 1.20. The van der Waals surface area contributed by atoms with E-state index in [1.807, 2.05) is 11.3 Å². The molecule has 1 fully saturated rings. The Hall–Kier alpha value is -1.13. The van der Waals surface area contributed by atoms with Crippen LogP contribution in [0.15, 0.2) is 18.2 Å². The molecule has 3 nitrogen and oxygen atoms in total. The quantitative estimate of drug-likeness (QED) is 0.839. The first-order chi connectivity index (χ1) is 8.33. The summed E-state index contributed by atoms with van der Waals surface area (Å²) < 4.78 is 1.30. The zero-order chi connectivity index (χ0) is 11.7. The van der Waals surface area contributed by atoms with Gasteiger partial charge in [-0.15, -0.1) is 0 Å². The van der Waals surface area contributed by atoms with Crippen LogP contribution in [0.2, 0.25) is 0 Å². The lowest BCUT2D eigenvalue weighted by atomic mass is 10.2. The van der Waals surface area contributed by atoms with Crippen molar-refractivity contribution in [2.24, 2.45) is 0 Å². The summed E-state index contributed by atoms with van der Waals surface area (Å²) in [6, 6.07) is 6.49. The minimum absolute atomic E-state index is 1.06. The van der Waals surface area contributed by atoms with Gasteiger partial charge in [-0.3, -0.25) is 0 Å². The Balaban J connectivity index is 1.93. The van der Waals surface area contributed by atoms with Crippen LogP contribution in [0, 0.1) is 6.92 Å². The van der Waals surface area contributed by atoms with Gasteiger partial charge in [0.25, 0.3) is 0 Å². The molecule has 0 radical (unpaired) electrons. The average molecular weight is 247 g/mol. The molecule has 0 aliphatic carbocycles. The first-order valence-corrected chi connectivity index (χ1v) is 6.97. The van der Waals surface area contributed by atoms with Crippen molar-refractivity contribution in [3.63, 3.8) is 0 Å². The van der Waals surface area contributed by atoms with E-state index in [4.69, 9.17) is 4.98 Å². The summed E-state index contributed by atoms with van der Waals surface area (Å²) in [4.78, 5) is 7.14. The molecule has 0 saturated carbocycles. The lowest BCUT2D eigenvalue weighted by Crippen LogP contribution is -2.27. The molecule has 1 N–H and O–H groups in total. The van der Waals surface area contributed by atoms with Gasteiger partial charge in [0.1, 0.15) is 0 Å². The van der Waals surface area contributed by atoms with Gasteiger partial charge in [-0.2, -0.15) is 0 Å². The van der Waals surface area contributed by atoms with Crippen molar-refractivity contribution < 1.29 is 0 Å². The molecule has 17 heavy (non-hydrogen) atoms. The molecule has 90 valence electrons. The van der Waals surface area contributed by atoms with Gasteiger partial charge in [-0.25, -0.2) is 4.98 Å². The second-order valence-corrected chi connectivity index (χ2v) is 5.57. The summed E-state index contributed by atoms with van der Waals surface area (Å²) in [7, 11) is 0. The van der Waals surface area contributed by atoms with Crippen molar-refractivity contribution in [2.45, 2.75) is 13.3 Å². The Morgan fingerprint density at radius 3 is 3.18 bits per heavy atom. The van der Waals surface area contributed by atoms with Gasteiger partial charge in [0.2, 0.25) is 0 Å². The Labute approximate surface area is 105 Å². The maximum atomic E-state index is 4.74. The van der Waals surface area contributed by atoms with Crippen LogP contribution in [0.5, 0.6) is 0 Å². The van der Waals surface area contributed by atoms with E-state index in [0.29, 0.717) is 0 Å². The van der Waals surface area contributed by atoms with E-state index >= 15 is 0 Å². The van der Waals surface area contributed by atoms with Gasteiger partial charge in [0, 0.05) is 19.6 Å². The number of anilines is 1. The van der Waals surface area contributed by atoms with E-state index in [-0.39, 0.29) is 0 Å². The van der Waals surface area contributed by atoms with Gasteiger partial charge in [-0.1, -0.05) is 17.4 Å². The summed E-state index contributed by atoms with van der Waals surface area (Å²) in [5.74, 6) is 0. The number of aryl methyl sites for hydroxylation is 1. The van der Waals surface area contributed by atoms with Crippen LogP contribution >= 0.6 is 11.3 Å². The lowest BCUT2D eigenvalue weighted by molar-refractivity contribution is 0.724. The second kappa shape index (κ2) is 4.63. The molecule has 2 heterocycles.